The summed E-state index contributed by atoms with van der Waals surface area (Å²) in [5.74, 6) is -0.231. The summed E-state index contributed by atoms with van der Waals surface area (Å²) in [7, 11) is -7.39. The average molecular weight is 290 g/mol. The Kier molecular flexibility index (Phi) is 3.97. The van der Waals surface area contributed by atoms with Crippen LogP contribution in [0.15, 0.2) is 28.0 Å². The van der Waals surface area contributed by atoms with Gasteiger partial charge >= 0.3 is 0 Å². The number of rotatable bonds is 4. The second-order valence-electron chi connectivity index (χ2n) is 4.17. The number of sulfone groups is 2. The van der Waals surface area contributed by atoms with Crippen LogP contribution in [0.2, 0.25) is 0 Å². The van der Waals surface area contributed by atoms with E-state index < -0.39 is 19.7 Å². The van der Waals surface area contributed by atoms with E-state index in [9.17, 15) is 21.6 Å². The molecule has 0 radical (unpaired) electrons. The lowest BCUT2D eigenvalue weighted by Gasteiger charge is -2.11. The van der Waals surface area contributed by atoms with E-state index in [4.69, 9.17) is 0 Å². The Hall–Kier alpha value is -1.21. The van der Waals surface area contributed by atoms with E-state index in [0.717, 1.165) is 12.5 Å². The molecule has 0 heterocycles. The molecule has 0 N–H and O–H groups in total. The molecule has 5 nitrogen and oxygen atoms in total. The van der Waals surface area contributed by atoms with Crippen molar-refractivity contribution in [1.29, 1.82) is 0 Å². The third kappa shape index (κ3) is 3.39. The maximum absolute atomic E-state index is 11.7. The highest BCUT2D eigenvalue weighted by atomic mass is 32.2. The van der Waals surface area contributed by atoms with Crippen molar-refractivity contribution in [2.45, 2.75) is 23.1 Å². The molecule has 0 spiro atoms. The minimum Gasteiger partial charge on any atom is -0.300 e. The molecule has 0 unspecified atom stereocenters. The first-order valence-electron chi connectivity index (χ1n) is 5.05. The number of carbonyl (C=O) groups excluding carboxylic acids is 1. The first kappa shape index (κ1) is 14.8. The first-order chi connectivity index (χ1) is 8.03. The number of carbonyl (C=O) groups is 1. The van der Waals surface area contributed by atoms with E-state index in [2.05, 4.69) is 0 Å². The molecule has 0 saturated carbocycles. The highest BCUT2D eigenvalue weighted by molar-refractivity contribution is 7.93. The van der Waals surface area contributed by atoms with Crippen molar-refractivity contribution in [2.75, 3.05) is 12.5 Å². The molecular weight excluding hydrogens is 276 g/mol. The van der Waals surface area contributed by atoms with Crippen LogP contribution < -0.4 is 0 Å². The quantitative estimate of drug-likeness (QED) is 0.811. The van der Waals surface area contributed by atoms with Gasteiger partial charge in [-0.1, -0.05) is 12.1 Å². The second kappa shape index (κ2) is 4.81. The Morgan fingerprint density at radius 3 is 2.00 bits per heavy atom. The lowest BCUT2D eigenvalue weighted by molar-refractivity contribution is -0.116. The zero-order chi connectivity index (χ0) is 14.1. The Morgan fingerprint density at radius 1 is 1.06 bits per heavy atom. The Morgan fingerprint density at radius 2 is 1.61 bits per heavy atom. The van der Waals surface area contributed by atoms with Gasteiger partial charge in [0.2, 0.25) is 0 Å². The molecule has 0 aliphatic rings. The fourth-order valence-corrected chi connectivity index (χ4v) is 4.43. The summed E-state index contributed by atoms with van der Waals surface area (Å²) in [4.78, 5) is 10.6. The summed E-state index contributed by atoms with van der Waals surface area (Å²) in [5, 5.41) is 0. The van der Waals surface area contributed by atoms with E-state index in [1.165, 1.54) is 25.1 Å². The molecule has 0 amide bonds. The van der Waals surface area contributed by atoms with Crippen molar-refractivity contribution in [1.82, 2.24) is 0 Å². The van der Waals surface area contributed by atoms with Crippen molar-refractivity contribution in [2.24, 2.45) is 0 Å². The van der Waals surface area contributed by atoms with E-state index in [1.54, 1.807) is 0 Å². The Labute approximate surface area is 107 Å². The molecule has 0 aliphatic heterocycles. The number of Topliss-reactive ketones (excluding diaryl/α,β-unsaturated/α-hetero) is 1. The largest absolute Gasteiger partial charge is 0.300 e. The number of hydrogen-bond acceptors (Lipinski definition) is 5. The van der Waals surface area contributed by atoms with Gasteiger partial charge in [-0.25, -0.2) is 16.8 Å². The van der Waals surface area contributed by atoms with Crippen molar-refractivity contribution >= 4 is 25.5 Å². The Balaban J connectivity index is 3.72. The van der Waals surface area contributed by atoms with Gasteiger partial charge in [0, 0.05) is 18.9 Å². The molecule has 0 atom stereocenters. The van der Waals surface area contributed by atoms with Crippen LogP contribution in [0.5, 0.6) is 0 Å². The molecule has 18 heavy (non-hydrogen) atoms. The average Bonchev–Trinajstić information content (AvgIpc) is 2.13. The van der Waals surface area contributed by atoms with Crippen LogP contribution in [0, 0.1) is 0 Å². The van der Waals surface area contributed by atoms with Gasteiger partial charge in [0.1, 0.15) is 5.78 Å². The van der Waals surface area contributed by atoms with Crippen LogP contribution >= 0.6 is 0 Å². The van der Waals surface area contributed by atoms with E-state index in [0.29, 0.717) is 0 Å². The second-order valence-corrected chi connectivity index (χ2v) is 8.10. The molecule has 0 aliphatic carbocycles. The fraction of sp³-hybridized carbons (Fsp3) is 0.364. The summed E-state index contributed by atoms with van der Waals surface area (Å²) >= 11 is 0. The van der Waals surface area contributed by atoms with Crippen LogP contribution in [-0.4, -0.2) is 35.1 Å². The first-order valence-corrected chi connectivity index (χ1v) is 8.83. The summed E-state index contributed by atoms with van der Waals surface area (Å²) in [6.07, 6.45) is 1.76. The molecule has 1 aromatic rings. The van der Waals surface area contributed by atoms with Crippen LogP contribution in [0.4, 0.5) is 0 Å². The Bertz CT molecular complexity index is 684. The number of ketones is 1. The third-order valence-electron chi connectivity index (χ3n) is 2.27. The molecule has 100 valence electrons. The lowest BCUT2D eigenvalue weighted by atomic mass is 10.1. The van der Waals surface area contributed by atoms with E-state index in [-0.39, 0.29) is 27.6 Å². The molecule has 0 saturated heterocycles. The number of hydrogen-bond donors (Lipinski definition) is 0. The third-order valence-corrected chi connectivity index (χ3v) is 4.76. The van der Waals surface area contributed by atoms with Gasteiger partial charge in [-0.15, -0.1) is 0 Å². The van der Waals surface area contributed by atoms with Crippen LogP contribution in [-0.2, 0) is 30.9 Å². The highest BCUT2D eigenvalue weighted by Gasteiger charge is 2.24. The molecule has 7 heteroatoms. The van der Waals surface area contributed by atoms with E-state index in [1.807, 2.05) is 0 Å². The maximum atomic E-state index is 11.7. The van der Waals surface area contributed by atoms with Gasteiger partial charge in [0.25, 0.3) is 0 Å². The SMILES string of the molecule is CC(=O)Cc1cccc(S(C)(=O)=O)c1S(C)(=O)=O. The zero-order valence-electron chi connectivity index (χ0n) is 10.3. The predicted molar refractivity (Wildman–Crippen MR) is 67.0 cm³/mol. The standard InChI is InChI=1S/C11H14O5S2/c1-8(12)7-9-5-4-6-10(17(2,13)14)11(9)18(3,15)16/h4-6H,7H2,1-3H3. The zero-order valence-corrected chi connectivity index (χ0v) is 11.9. The van der Waals surface area contributed by atoms with Crippen molar-refractivity contribution < 1.29 is 21.6 Å². The van der Waals surface area contributed by atoms with Gasteiger partial charge in [0.15, 0.2) is 19.7 Å². The van der Waals surface area contributed by atoms with Crippen LogP contribution in [0.3, 0.4) is 0 Å². The molecular formula is C11H14O5S2. The van der Waals surface area contributed by atoms with Crippen LogP contribution in [0.1, 0.15) is 12.5 Å². The minimum absolute atomic E-state index is 0.105. The summed E-state index contributed by atoms with van der Waals surface area (Å²) in [5.41, 5.74) is 0.216. The highest BCUT2D eigenvalue weighted by Crippen LogP contribution is 2.25. The van der Waals surface area contributed by atoms with Crippen LogP contribution in [0.25, 0.3) is 0 Å². The van der Waals surface area contributed by atoms with Gasteiger partial charge in [-0.3, -0.25) is 4.79 Å². The maximum Gasteiger partial charge on any atom is 0.177 e. The van der Waals surface area contributed by atoms with E-state index >= 15 is 0 Å². The normalized spacial score (nSPS) is 12.4. The van der Waals surface area contributed by atoms with Gasteiger partial charge in [-0.05, 0) is 18.6 Å². The molecule has 0 bridgehead atoms. The molecule has 1 aromatic carbocycles. The van der Waals surface area contributed by atoms with Crippen molar-refractivity contribution in [3.63, 3.8) is 0 Å². The summed E-state index contributed by atoms with van der Waals surface area (Å²) < 4.78 is 46.6. The minimum atomic E-state index is -3.72. The molecule has 0 fully saturated rings. The summed E-state index contributed by atoms with van der Waals surface area (Å²) in [6.45, 7) is 1.32. The smallest absolute Gasteiger partial charge is 0.177 e. The predicted octanol–water partition coefficient (Wildman–Crippen LogP) is 0.625. The van der Waals surface area contributed by atoms with Gasteiger partial charge in [0.05, 0.1) is 9.79 Å². The topological polar surface area (TPSA) is 85.3 Å². The fourth-order valence-electron chi connectivity index (χ4n) is 1.68. The van der Waals surface area contributed by atoms with Crippen molar-refractivity contribution in [3.05, 3.63) is 23.8 Å². The van der Waals surface area contributed by atoms with Crippen molar-refractivity contribution in [3.8, 4) is 0 Å². The molecule has 0 aromatic heterocycles. The van der Waals surface area contributed by atoms with Gasteiger partial charge < -0.3 is 0 Å². The molecule has 1 rings (SSSR count). The number of benzene rings is 1. The van der Waals surface area contributed by atoms with Gasteiger partial charge in [-0.2, -0.15) is 0 Å². The summed E-state index contributed by atoms with van der Waals surface area (Å²) in [6, 6.07) is 4.12. The monoisotopic (exact) mass is 290 g/mol. The lowest BCUT2D eigenvalue weighted by Crippen LogP contribution is -2.12.